The molecule has 0 radical (unpaired) electrons. The molecule has 0 aliphatic heterocycles. The molecule has 3 rings (SSSR count). The predicted molar refractivity (Wildman–Crippen MR) is 250 cm³/mol. The standard InChI is InChI=1S/C49H67N7O11/c1-49(2,3)67-48(65)56-38(25-14-15-30-51-41(57)26-17-27-42(58)59)44(61)54-39(29-28-34-18-7-4-8-19-34)45(62)55-40(32-35-20-9-5-10-21-35)46(63)53-37(43(50)60)24-13-16-31-52-47(64)66-33-36-22-11-6-12-23-36/h4-12,18-23,37-40H,13-17,24-33H2,1-3H3,(H2,50,60)(H,51,57)(H,52,64)(H,53,63)(H,54,61)(H,55,62)(H,56,65)(H,58,59)/t37-,38-,39-,40-/m0/s1. The van der Waals surface area contributed by atoms with Gasteiger partial charge in [0.15, 0.2) is 0 Å². The number of hydrogen-bond acceptors (Lipinski definition) is 10. The molecule has 0 fully saturated rings. The van der Waals surface area contributed by atoms with Gasteiger partial charge in [0.2, 0.25) is 29.5 Å². The van der Waals surface area contributed by atoms with Gasteiger partial charge in [-0.15, -0.1) is 0 Å². The fourth-order valence-corrected chi connectivity index (χ4v) is 6.73. The van der Waals surface area contributed by atoms with E-state index in [1.165, 1.54) is 0 Å². The molecular formula is C49H67N7O11. The van der Waals surface area contributed by atoms with Crippen molar-refractivity contribution in [2.24, 2.45) is 5.73 Å². The normalized spacial score (nSPS) is 12.8. The van der Waals surface area contributed by atoms with Gasteiger partial charge in [0.05, 0.1) is 0 Å². The van der Waals surface area contributed by atoms with E-state index in [-0.39, 0.29) is 70.5 Å². The van der Waals surface area contributed by atoms with Crippen LogP contribution in [0.3, 0.4) is 0 Å². The maximum Gasteiger partial charge on any atom is 0.408 e. The monoisotopic (exact) mass is 929 g/mol. The van der Waals surface area contributed by atoms with Crippen molar-refractivity contribution in [1.29, 1.82) is 0 Å². The quantitative estimate of drug-likeness (QED) is 0.0454. The third kappa shape index (κ3) is 23.7. The summed E-state index contributed by atoms with van der Waals surface area (Å²) in [5, 5.41) is 25.1. The lowest BCUT2D eigenvalue weighted by atomic mass is 10.0. The van der Waals surface area contributed by atoms with Crippen molar-refractivity contribution in [2.75, 3.05) is 13.1 Å². The number of aliphatic carboxylic acids is 1. The Morgan fingerprint density at radius 3 is 1.61 bits per heavy atom. The Bertz CT molecular complexity index is 2030. The average Bonchev–Trinajstić information content (AvgIpc) is 3.28. The van der Waals surface area contributed by atoms with Gasteiger partial charge in [-0.25, -0.2) is 9.59 Å². The molecule has 0 unspecified atom stereocenters. The van der Waals surface area contributed by atoms with Gasteiger partial charge in [0.25, 0.3) is 0 Å². The van der Waals surface area contributed by atoms with Crippen molar-refractivity contribution in [3.05, 3.63) is 108 Å². The van der Waals surface area contributed by atoms with E-state index in [0.29, 0.717) is 37.7 Å². The lowest BCUT2D eigenvalue weighted by molar-refractivity contribution is -0.137. The second-order valence-electron chi connectivity index (χ2n) is 17.1. The summed E-state index contributed by atoms with van der Waals surface area (Å²) in [6.07, 6.45) is 1.05. The smallest absolute Gasteiger partial charge is 0.408 e. The van der Waals surface area contributed by atoms with Crippen molar-refractivity contribution in [1.82, 2.24) is 31.9 Å². The number of amides is 7. The number of nitrogens with two attached hydrogens (primary N) is 1. The summed E-state index contributed by atoms with van der Waals surface area (Å²) in [4.78, 5) is 103. The van der Waals surface area contributed by atoms with Crippen LogP contribution in [0.15, 0.2) is 91.0 Å². The molecule has 7 amide bonds. The number of carbonyl (C=O) groups is 8. The Hall–Kier alpha value is -6.98. The van der Waals surface area contributed by atoms with E-state index in [1.807, 2.05) is 60.7 Å². The van der Waals surface area contributed by atoms with Gasteiger partial charge in [-0.2, -0.15) is 0 Å². The average molecular weight is 930 g/mol. The summed E-state index contributed by atoms with van der Waals surface area (Å²) < 4.78 is 10.7. The second-order valence-corrected chi connectivity index (χ2v) is 17.1. The second kappa shape index (κ2) is 29.5. The zero-order valence-electron chi connectivity index (χ0n) is 38.7. The van der Waals surface area contributed by atoms with Crippen molar-refractivity contribution in [3.8, 4) is 0 Å². The number of ether oxygens (including phenoxy) is 2. The first-order valence-corrected chi connectivity index (χ1v) is 22.7. The van der Waals surface area contributed by atoms with E-state index in [9.17, 15) is 38.4 Å². The molecule has 0 spiro atoms. The number of alkyl carbamates (subject to hydrolysis) is 2. The number of carboxylic acids is 1. The molecular weight excluding hydrogens is 863 g/mol. The van der Waals surface area contributed by atoms with Crippen LogP contribution in [0.5, 0.6) is 0 Å². The molecule has 0 saturated carbocycles. The molecule has 0 aliphatic carbocycles. The van der Waals surface area contributed by atoms with Crippen molar-refractivity contribution in [2.45, 2.75) is 134 Å². The molecule has 0 bridgehead atoms. The van der Waals surface area contributed by atoms with Crippen LogP contribution in [0.25, 0.3) is 0 Å². The van der Waals surface area contributed by atoms with Crippen molar-refractivity contribution >= 4 is 47.7 Å². The van der Waals surface area contributed by atoms with Crippen LogP contribution in [-0.2, 0) is 57.7 Å². The van der Waals surface area contributed by atoms with Crippen molar-refractivity contribution < 1.29 is 52.9 Å². The molecule has 0 saturated heterocycles. The minimum atomic E-state index is -1.22. The molecule has 67 heavy (non-hydrogen) atoms. The molecule has 3 aromatic rings. The Balaban J connectivity index is 1.73. The van der Waals surface area contributed by atoms with Crippen LogP contribution >= 0.6 is 0 Å². The van der Waals surface area contributed by atoms with Gasteiger partial charge >= 0.3 is 18.2 Å². The predicted octanol–water partition coefficient (Wildman–Crippen LogP) is 4.33. The first-order valence-electron chi connectivity index (χ1n) is 22.7. The lowest BCUT2D eigenvalue weighted by Crippen LogP contribution is -2.58. The summed E-state index contributed by atoms with van der Waals surface area (Å²) in [7, 11) is 0. The third-order valence-corrected chi connectivity index (χ3v) is 10.2. The van der Waals surface area contributed by atoms with Crippen LogP contribution in [0, 0.1) is 0 Å². The molecule has 0 aromatic heterocycles. The van der Waals surface area contributed by atoms with E-state index in [0.717, 1.165) is 11.1 Å². The highest BCUT2D eigenvalue weighted by Gasteiger charge is 2.32. The maximum atomic E-state index is 14.3. The van der Waals surface area contributed by atoms with Crippen LogP contribution in [-0.4, -0.2) is 95.7 Å². The maximum absolute atomic E-state index is 14.3. The number of hydrogen-bond donors (Lipinski definition) is 8. The highest BCUT2D eigenvalue weighted by molar-refractivity contribution is 5.95. The minimum Gasteiger partial charge on any atom is -0.481 e. The van der Waals surface area contributed by atoms with Gasteiger partial charge < -0.3 is 52.2 Å². The largest absolute Gasteiger partial charge is 0.481 e. The van der Waals surface area contributed by atoms with Crippen LogP contribution in [0.1, 0.15) is 102 Å². The third-order valence-electron chi connectivity index (χ3n) is 10.2. The number of rotatable bonds is 29. The Morgan fingerprint density at radius 1 is 0.552 bits per heavy atom. The number of nitrogens with one attached hydrogen (secondary N) is 6. The number of unbranched alkanes of at least 4 members (excludes halogenated alkanes) is 2. The van der Waals surface area contributed by atoms with Crippen molar-refractivity contribution in [3.63, 3.8) is 0 Å². The fraction of sp³-hybridized carbons (Fsp3) is 0.469. The number of aryl methyl sites for hydroxylation is 1. The highest BCUT2D eigenvalue weighted by atomic mass is 16.6. The summed E-state index contributed by atoms with van der Waals surface area (Å²) in [5.74, 6) is -4.15. The number of benzene rings is 3. The van der Waals surface area contributed by atoms with Crippen LogP contribution in [0.4, 0.5) is 9.59 Å². The Morgan fingerprint density at radius 2 is 1.04 bits per heavy atom. The molecule has 0 heterocycles. The molecule has 0 aliphatic rings. The van der Waals surface area contributed by atoms with Gasteiger partial charge in [-0.05, 0) is 95.2 Å². The molecule has 4 atom stereocenters. The molecule has 18 heteroatoms. The molecule has 9 N–H and O–H groups in total. The number of carbonyl (C=O) groups excluding carboxylic acids is 7. The SMILES string of the molecule is CC(C)(C)OC(=O)N[C@@H](CCCCNC(=O)CCCC(=O)O)C(=O)N[C@@H](CCc1ccccc1)C(=O)N[C@@H](Cc1ccccc1)C(=O)N[C@@H](CCCCNC(=O)OCc1ccccc1)C(N)=O. The highest BCUT2D eigenvalue weighted by Crippen LogP contribution is 2.13. The number of carboxylic acid groups (broad SMARTS) is 1. The summed E-state index contributed by atoms with van der Waals surface area (Å²) in [6, 6.07) is 22.7. The Kier molecular flexibility index (Phi) is 24.0. The number of primary amides is 1. The van der Waals surface area contributed by atoms with Crippen LogP contribution in [0.2, 0.25) is 0 Å². The van der Waals surface area contributed by atoms with Crippen LogP contribution < -0.4 is 37.6 Å². The summed E-state index contributed by atoms with van der Waals surface area (Å²) in [5.41, 5.74) is 7.26. The minimum absolute atomic E-state index is 0.0250. The first-order chi connectivity index (χ1) is 32.0. The van der Waals surface area contributed by atoms with E-state index in [2.05, 4.69) is 31.9 Å². The van der Waals surface area contributed by atoms with E-state index >= 15 is 0 Å². The summed E-state index contributed by atoms with van der Waals surface area (Å²) >= 11 is 0. The zero-order valence-corrected chi connectivity index (χ0v) is 38.7. The van der Waals surface area contributed by atoms with Gasteiger partial charge in [0, 0.05) is 32.4 Å². The lowest BCUT2D eigenvalue weighted by Gasteiger charge is -2.27. The zero-order chi connectivity index (χ0) is 49.0. The first kappa shape index (κ1) is 54.4. The van der Waals surface area contributed by atoms with Gasteiger partial charge in [-0.3, -0.25) is 28.8 Å². The van der Waals surface area contributed by atoms with E-state index < -0.39 is 71.6 Å². The molecule has 3 aromatic carbocycles. The van der Waals surface area contributed by atoms with E-state index in [1.54, 1.807) is 51.1 Å². The summed E-state index contributed by atoms with van der Waals surface area (Å²) in [6.45, 7) is 5.63. The van der Waals surface area contributed by atoms with E-state index in [4.69, 9.17) is 20.3 Å². The molecule has 364 valence electrons. The van der Waals surface area contributed by atoms with Gasteiger partial charge in [-0.1, -0.05) is 91.0 Å². The topological polar surface area (TPSA) is 273 Å². The van der Waals surface area contributed by atoms with Gasteiger partial charge in [0.1, 0.15) is 36.4 Å². The fourth-order valence-electron chi connectivity index (χ4n) is 6.73. The Labute approximate surface area is 392 Å². The molecule has 18 nitrogen and oxygen atoms in total.